The van der Waals surface area contributed by atoms with Gasteiger partial charge < -0.3 is 14.6 Å². The van der Waals surface area contributed by atoms with Gasteiger partial charge in [-0.2, -0.15) is 0 Å². The van der Waals surface area contributed by atoms with E-state index in [1.807, 2.05) is 15.5 Å². The minimum Gasteiger partial charge on any atom is -0.396 e. The molecule has 1 saturated carbocycles. The first-order valence-electron chi connectivity index (χ1n) is 12.8. The van der Waals surface area contributed by atoms with Gasteiger partial charge in [-0.3, -0.25) is 14.5 Å². The number of nitrogens with zero attached hydrogens (tertiary/aromatic N) is 3. The van der Waals surface area contributed by atoms with E-state index in [4.69, 9.17) is 0 Å². The maximum Gasteiger partial charge on any atom is 0.258 e. The van der Waals surface area contributed by atoms with Crippen LogP contribution in [-0.4, -0.2) is 57.7 Å². The monoisotopic (exact) mass is 437 g/mol. The second kappa shape index (κ2) is 8.14. The molecule has 4 heterocycles. The molecule has 3 fully saturated rings. The highest BCUT2D eigenvalue weighted by Crippen LogP contribution is 2.51. The summed E-state index contributed by atoms with van der Waals surface area (Å²) >= 11 is 0. The van der Waals surface area contributed by atoms with Gasteiger partial charge in [0.05, 0.1) is 12.1 Å². The van der Waals surface area contributed by atoms with Gasteiger partial charge >= 0.3 is 0 Å². The highest BCUT2D eigenvalue weighted by molar-refractivity contribution is 5.83. The molecule has 1 aromatic heterocycles. The smallest absolute Gasteiger partial charge is 0.258 e. The Morgan fingerprint density at radius 3 is 2.59 bits per heavy atom. The van der Waals surface area contributed by atoms with E-state index in [0.29, 0.717) is 12.5 Å². The number of likely N-dealkylation sites (tertiary alicyclic amines) is 2. The van der Waals surface area contributed by atoms with Crippen molar-refractivity contribution >= 4 is 11.5 Å². The Morgan fingerprint density at radius 1 is 1.09 bits per heavy atom. The van der Waals surface area contributed by atoms with E-state index in [0.717, 1.165) is 63.0 Å². The van der Waals surface area contributed by atoms with E-state index in [2.05, 4.69) is 17.0 Å². The molecule has 2 aliphatic carbocycles. The van der Waals surface area contributed by atoms with E-state index < -0.39 is 0 Å². The average Bonchev–Trinajstić information content (AvgIpc) is 3.22. The Bertz CT molecular complexity index is 989. The lowest BCUT2D eigenvalue weighted by Gasteiger charge is -2.36. The van der Waals surface area contributed by atoms with Gasteiger partial charge in [0.2, 0.25) is 5.91 Å². The molecule has 0 aromatic carbocycles. The zero-order valence-corrected chi connectivity index (χ0v) is 18.9. The van der Waals surface area contributed by atoms with Crippen LogP contribution in [0.4, 0.5) is 0 Å². The van der Waals surface area contributed by atoms with Crippen LogP contribution in [0.25, 0.3) is 5.57 Å². The Balaban J connectivity index is 1.37. The van der Waals surface area contributed by atoms with Gasteiger partial charge in [-0.15, -0.1) is 0 Å². The molecule has 5 aliphatic rings. The van der Waals surface area contributed by atoms with Crippen LogP contribution in [0.3, 0.4) is 0 Å². The van der Waals surface area contributed by atoms with Gasteiger partial charge in [0, 0.05) is 55.9 Å². The molecule has 0 unspecified atom stereocenters. The van der Waals surface area contributed by atoms with Gasteiger partial charge in [-0.25, -0.2) is 0 Å². The van der Waals surface area contributed by atoms with E-state index in [-0.39, 0.29) is 42.0 Å². The molecule has 0 spiro atoms. The zero-order valence-electron chi connectivity index (χ0n) is 18.9. The predicted molar refractivity (Wildman–Crippen MR) is 123 cm³/mol. The fraction of sp³-hybridized carbons (Fsp3) is 0.692. The van der Waals surface area contributed by atoms with Crippen LogP contribution in [0.2, 0.25) is 0 Å². The quantitative estimate of drug-likeness (QED) is 0.769. The van der Waals surface area contributed by atoms with Crippen molar-refractivity contribution in [3.8, 4) is 0 Å². The molecule has 1 N–H and O–H groups in total. The summed E-state index contributed by atoms with van der Waals surface area (Å²) in [5, 5.41) is 10.5. The maximum absolute atomic E-state index is 13.7. The molecule has 1 amide bonds. The third-order valence-corrected chi connectivity index (χ3v) is 8.66. The summed E-state index contributed by atoms with van der Waals surface area (Å²) in [6.07, 6.45) is 11.2. The van der Waals surface area contributed by atoms with Gasteiger partial charge in [-0.1, -0.05) is 6.08 Å². The summed E-state index contributed by atoms with van der Waals surface area (Å²) in [5.74, 6) is 0.869. The molecule has 3 aliphatic heterocycles. The summed E-state index contributed by atoms with van der Waals surface area (Å²) in [6.45, 7) is 3.22. The molecule has 0 radical (unpaired) electrons. The first-order chi connectivity index (χ1) is 15.7. The SMILES string of the molecule is O=C([C@H]1[C@H](CO)[C@H]2Cn3c(ccc(C4=CCCC4)c3=O)[C@H]2N1CC1CC1)N1CCCCC1. The number of rotatable bonds is 5. The molecule has 32 heavy (non-hydrogen) atoms. The molecule has 2 saturated heterocycles. The first-order valence-corrected chi connectivity index (χ1v) is 12.8. The van der Waals surface area contributed by atoms with Gasteiger partial charge in [0.15, 0.2) is 0 Å². The molecule has 172 valence electrons. The van der Waals surface area contributed by atoms with Crippen LogP contribution in [0, 0.1) is 17.8 Å². The number of pyridine rings is 1. The number of amides is 1. The number of aliphatic hydroxyl groups is 1. The highest BCUT2D eigenvalue weighted by Gasteiger charge is 2.56. The maximum atomic E-state index is 13.7. The van der Waals surface area contributed by atoms with E-state index in [9.17, 15) is 14.7 Å². The van der Waals surface area contributed by atoms with E-state index >= 15 is 0 Å². The molecular formula is C26H35N3O3. The number of hydrogen-bond donors (Lipinski definition) is 1. The zero-order chi connectivity index (χ0) is 21.8. The second-order valence-corrected chi connectivity index (χ2v) is 10.6. The van der Waals surface area contributed by atoms with Crippen molar-refractivity contribution in [3.63, 3.8) is 0 Å². The van der Waals surface area contributed by atoms with Gasteiger partial charge in [0.25, 0.3) is 5.56 Å². The van der Waals surface area contributed by atoms with Crippen molar-refractivity contribution in [2.24, 2.45) is 17.8 Å². The third-order valence-electron chi connectivity index (χ3n) is 8.66. The molecule has 6 nitrogen and oxygen atoms in total. The van der Waals surface area contributed by atoms with Crippen molar-refractivity contribution in [2.45, 2.75) is 70.0 Å². The van der Waals surface area contributed by atoms with Crippen LogP contribution < -0.4 is 5.56 Å². The number of allylic oxidation sites excluding steroid dienone is 2. The van der Waals surface area contributed by atoms with Gasteiger partial charge in [-0.05, 0) is 75.0 Å². The van der Waals surface area contributed by atoms with Crippen molar-refractivity contribution < 1.29 is 9.90 Å². The van der Waals surface area contributed by atoms with Crippen molar-refractivity contribution in [1.82, 2.24) is 14.4 Å². The van der Waals surface area contributed by atoms with Crippen LogP contribution in [0.15, 0.2) is 23.0 Å². The highest BCUT2D eigenvalue weighted by atomic mass is 16.3. The summed E-state index contributed by atoms with van der Waals surface area (Å²) < 4.78 is 1.97. The number of aliphatic hydroxyl groups excluding tert-OH is 1. The molecule has 1 aromatic rings. The molecule has 0 bridgehead atoms. The molecule has 6 rings (SSSR count). The average molecular weight is 438 g/mol. The number of hydrogen-bond acceptors (Lipinski definition) is 4. The predicted octanol–water partition coefficient (Wildman–Crippen LogP) is 2.80. The molecular weight excluding hydrogens is 402 g/mol. The Labute approximate surface area is 189 Å². The lowest BCUT2D eigenvalue weighted by atomic mass is 9.88. The summed E-state index contributed by atoms with van der Waals surface area (Å²) in [4.78, 5) is 31.6. The van der Waals surface area contributed by atoms with Crippen molar-refractivity contribution in [1.29, 1.82) is 0 Å². The van der Waals surface area contributed by atoms with Crippen LogP contribution >= 0.6 is 0 Å². The summed E-state index contributed by atoms with van der Waals surface area (Å²) in [6, 6.07) is 3.97. The Morgan fingerprint density at radius 2 is 1.91 bits per heavy atom. The molecule has 6 heteroatoms. The largest absolute Gasteiger partial charge is 0.396 e. The number of piperidine rings is 1. The van der Waals surface area contributed by atoms with E-state index in [1.54, 1.807) is 0 Å². The normalized spacial score (nSPS) is 32.2. The minimum atomic E-state index is -0.255. The van der Waals surface area contributed by atoms with Crippen LogP contribution in [-0.2, 0) is 11.3 Å². The van der Waals surface area contributed by atoms with Gasteiger partial charge in [0.1, 0.15) is 0 Å². The number of carbonyl (C=O) groups is 1. The van der Waals surface area contributed by atoms with Crippen molar-refractivity contribution in [3.05, 3.63) is 39.8 Å². The Hall–Kier alpha value is -1.92. The van der Waals surface area contributed by atoms with Crippen molar-refractivity contribution in [2.75, 3.05) is 26.2 Å². The minimum absolute atomic E-state index is 0.00727. The van der Waals surface area contributed by atoms with Crippen LogP contribution in [0.5, 0.6) is 0 Å². The lowest BCUT2D eigenvalue weighted by molar-refractivity contribution is -0.139. The first kappa shape index (κ1) is 20.7. The molecule has 4 atom stereocenters. The van der Waals surface area contributed by atoms with Crippen LogP contribution in [0.1, 0.15) is 68.7 Å². The summed E-state index contributed by atoms with van der Waals surface area (Å²) in [5.41, 5.74) is 3.21. The number of aromatic nitrogens is 1. The number of carbonyl (C=O) groups excluding carboxylic acids is 1. The second-order valence-electron chi connectivity index (χ2n) is 10.6. The van der Waals surface area contributed by atoms with E-state index in [1.165, 1.54) is 24.8 Å². The topological polar surface area (TPSA) is 65.8 Å². The fourth-order valence-corrected chi connectivity index (χ4v) is 6.85. The standard InChI is InChI=1S/C26H35N3O3/c30-16-21-20-15-28-22(11-10-19(25(28)31)18-6-2-3-7-18)23(20)29(14-17-8-9-17)24(21)26(32)27-12-4-1-5-13-27/h6,10-11,17,20-21,23-24,30H,1-5,7-9,12-16H2/t20-,21-,23+,24-/m1/s1. The Kier molecular flexibility index (Phi) is 5.26. The lowest BCUT2D eigenvalue weighted by Crippen LogP contribution is -2.51. The third kappa shape index (κ3) is 3.29. The fourth-order valence-electron chi connectivity index (χ4n) is 6.85. The number of fused-ring (bicyclic) bond motifs is 3. The summed E-state index contributed by atoms with van der Waals surface area (Å²) in [7, 11) is 0.